The van der Waals surface area contributed by atoms with Crippen LogP contribution >= 0.6 is 0 Å². The lowest BCUT2D eigenvalue weighted by Gasteiger charge is -2.55. The summed E-state index contributed by atoms with van der Waals surface area (Å²) in [6, 6.07) is 0. The van der Waals surface area contributed by atoms with Crippen molar-refractivity contribution in [1.29, 1.82) is 0 Å². The van der Waals surface area contributed by atoms with Gasteiger partial charge in [-0.3, -0.25) is 0 Å². The Morgan fingerprint density at radius 2 is 1.50 bits per heavy atom. The standard InChI is InChI=1S/C17H29N/c18-10-16(13-2-1-3-13)9-17-14-5-11-4-12(7-14)8-15(17)6-11/h11-17H,1-10,18H2. The third-order valence-corrected chi connectivity index (χ3v) is 7.12. The highest BCUT2D eigenvalue weighted by Crippen LogP contribution is 2.58. The zero-order chi connectivity index (χ0) is 12.1. The summed E-state index contributed by atoms with van der Waals surface area (Å²) < 4.78 is 0. The fraction of sp³-hybridized carbons (Fsp3) is 1.00. The van der Waals surface area contributed by atoms with Crippen LogP contribution in [0.3, 0.4) is 0 Å². The van der Waals surface area contributed by atoms with Gasteiger partial charge in [0.1, 0.15) is 0 Å². The minimum Gasteiger partial charge on any atom is -0.330 e. The van der Waals surface area contributed by atoms with Gasteiger partial charge in [-0.25, -0.2) is 0 Å². The van der Waals surface area contributed by atoms with Crippen molar-refractivity contribution in [1.82, 2.24) is 0 Å². The first-order valence-electron chi connectivity index (χ1n) is 8.53. The van der Waals surface area contributed by atoms with Gasteiger partial charge in [-0.15, -0.1) is 0 Å². The van der Waals surface area contributed by atoms with Gasteiger partial charge < -0.3 is 5.73 Å². The van der Waals surface area contributed by atoms with Gasteiger partial charge in [-0.1, -0.05) is 19.3 Å². The molecule has 1 heteroatoms. The third-order valence-electron chi connectivity index (χ3n) is 7.12. The quantitative estimate of drug-likeness (QED) is 0.803. The van der Waals surface area contributed by atoms with E-state index in [1.165, 1.54) is 25.7 Å². The summed E-state index contributed by atoms with van der Waals surface area (Å²) in [4.78, 5) is 0. The van der Waals surface area contributed by atoms with E-state index in [-0.39, 0.29) is 0 Å². The van der Waals surface area contributed by atoms with E-state index in [1.807, 2.05) is 0 Å². The second-order valence-electron chi connectivity index (χ2n) is 8.02. The Bertz CT molecular complexity index is 279. The molecule has 1 atom stereocenters. The molecule has 102 valence electrons. The monoisotopic (exact) mass is 247 g/mol. The van der Waals surface area contributed by atoms with Gasteiger partial charge >= 0.3 is 0 Å². The maximum Gasteiger partial charge on any atom is -0.00461 e. The van der Waals surface area contributed by atoms with E-state index >= 15 is 0 Å². The van der Waals surface area contributed by atoms with Gasteiger partial charge in [-0.05, 0) is 86.5 Å². The number of hydrogen-bond donors (Lipinski definition) is 1. The third kappa shape index (κ3) is 1.85. The highest BCUT2D eigenvalue weighted by atomic mass is 14.6. The normalized spacial score (nSPS) is 48.2. The van der Waals surface area contributed by atoms with E-state index in [0.717, 1.165) is 48.0 Å². The van der Waals surface area contributed by atoms with E-state index in [4.69, 9.17) is 5.73 Å². The van der Waals surface area contributed by atoms with Crippen LogP contribution in [0.15, 0.2) is 0 Å². The van der Waals surface area contributed by atoms with E-state index in [1.54, 1.807) is 32.1 Å². The molecule has 0 amide bonds. The molecule has 0 radical (unpaired) electrons. The van der Waals surface area contributed by atoms with Crippen LogP contribution in [-0.2, 0) is 0 Å². The van der Waals surface area contributed by atoms with Crippen LogP contribution in [0.25, 0.3) is 0 Å². The first-order valence-corrected chi connectivity index (χ1v) is 8.53. The van der Waals surface area contributed by atoms with Gasteiger partial charge in [0.05, 0.1) is 0 Å². The van der Waals surface area contributed by atoms with Crippen molar-refractivity contribution in [2.75, 3.05) is 6.54 Å². The molecule has 4 bridgehead atoms. The fourth-order valence-corrected chi connectivity index (χ4v) is 6.16. The van der Waals surface area contributed by atoms with Crippen LogP contribution in [0.5, 0.6) is 0 Å². The predicted molar refractivity (Wildman–Crippen MR) is 75.0 cm³/mol. The average molecular weight is 247 g/mol. The molecular formula is C17H29N. The lowest BCUT2D eigenvalue weighted by molar-refractivity contribution is -0.0506. The SMILES string of the molecule is NCC(CC1C2CC3CC(C2)CC1C3)C1CCC1. The van der Waals surface area contributed by atoms with Gasteiger partial charge in [0.15, 0.2) is 0 Å². The first-order chi connectivity index (χ1) is 8.83. The molecular weight excluding hydrogens is 218 g/mol. The van der Waals surface area contributed by atoms with Crippen molar-refractivity contribution in [2.24, 2.45) is 47.2 Å². The van der Waals surface area contributed by atoms with Crippen LogP contribution in [0.1, 0.15) is 57.8 Å². The molecule has 5 aliphatic carbocycles. The molecule has 18 heavy (non-hydrogen) atoms. The molecule has 5 fully saturated rings. The van der Waals surface area contributed by atoms with Crippen molar-refractivity contribution in [3.63, 3.8) is 0 Å². The Labute approximate surface area is 112 Å². The van der Waals surface area contributed by atoms with Gasteiger partial charge in [0.25, 0.3) is 0 Å². The van der Waals surface area contributed by atoms with E-state index in [9.17, 15) is 0 Å². The second-order valence-corrected chi connectivity index (χ2v) is 8.02. The molecule has 5 aliphatic rings. The first kappa shape index (κ1) is 11.8. The summed E-state index contributed by atoms with van der Waals surface area (Å²) in [5.41, 5.74) is 6.09. The lowest BCUT2D eigenvalue weighted by atomic mass is 9.50. The maximum atomic E-state index is 6.09. The zero-order valence-corrected chi connectivity index (χ0v) is 11.7. The molecule has 1 nitrogen and oxygen atoms in total. The van der Waals surface area contributed by atoms with Crippen molar-refractivity contribution in [3.05, 3.63) is 0 Å². The topological polar surface area (TPSA) is 26.0 Å². The van der Waals surface area contributed by atoms with Gasteiger partial charge in [-0.2, -0.15) is 0 Å². The summed E-state index contributed by atoms with van der Waals surface area (Å²) in [6.07, 6.45) is 13.9. The molecule has 2 N–H and O–H groups in total. The molecule has 1 unspecified atom stereocenters. The Morgan fingerprint density at radius 3 is 1.94 bits per heavy atom. The van der Waals surface area contributed by atoms with Crippen LogP contribution in [0, 0.1) is 41.4 Å². The number of hydrogen-bond acceptors (Lipinski definition) is 1. The Hall–Kier alpha value is -0.0400. The molecule has 0 heterocycles. The largest absolute Gasteiger partial charge is 0.330 e. The van der Waals surface area contributed by atoms with Crippen LogP contribution in [-0.4, -0.2) is 6.54 Å². The van der Waals surface area contributed by atoms with E-state index < -0.39 is 0 Å². The molecule has 5 saturated carbocycles. The van der Waals surface area contributed by atoms with Crippen LogP contribution in [0.2, 0.25) is 0 Å². The van der Waals surface area contributed by atoms with Crippen molar-refractivity contribution >= 4 is 0 Å². The van der Waals surface area contributed by atoms with Crippen LogP contribution < -0.4 is 5.73 Å². The predicted octanol–water partition coefficient (Wildman–Crippen LogP) is 3.82. The van der Waals surface area contributed by atoms with Gasteiger partial charge in [0, 0.05) is 0 Å². The summed E-state index contributed by atoms with van der Waals surface area (Å²) in [5, 5.41) is 0. The van der Waals surface area contributed by atoms with Crippen molar-refractivity contribution < 1.29 is 0 Å². The molecule has 0 saturated heterocycles. The zero-order valence-electron chi connectivity index (χ0n) is 11.7. The summed E-state index contributed by atoms with van der Waals surface area (Å²) in [7, 11) is 0. The fourth-order valence-electron chi connectivity index (χ4n) is 6.16. The summed E-state index contributed by atoms with van der Waals surface area (Å²) in [5.74, 6) is 7.43. The Kier molecular flexibility index (Phi) is 2.94. The number of nitrogens with two attached hydrogens (primary N) is 1. The van der Waals surface area contributed by atoms with E-state index in [0.29, 0.717) is 0 Å². The Balaban J connectivity index is 1.44. The molecule has 0 aromatic heterocycles. The highest BCUT2D eigenvalue weighted by molar-refractivity contribution is 4.99. The number of rotatable bonds is 4. The second kappa shape index (κ2) is 4.51. The minimum atomic E-state index is 0.876. The van der Waals surface area contributed by atoms with Crippen LogP contribution in [0.4, 0.5) is 0 Å². The summed E-state index contributed by atoms with van der Waals surface area (Å²) in [6.45, 7) is 0.966. The average Bonchev–Trinajstić information content (AvgIpc) is 2.28. The molecule has 0 aliphatic heterocycles. The minimum absolute atomic E-state index is 0.876. The molecule has 0 aromatic carbocycles. The van der Waals surface area contributed by atoms with Crippen molar-refractivity contribution in [2.45, 2.75) is 57.8 Å². The Morgan fingerprint density at radius 1 is 0.889 bits per heavy atom. The molecule has 0 aromatic rings. The van der Waals surface area contributed by atoms with E-state index in [2.05, 4.69) is 0 Å². The highest BCUT2D eigenvalue weighted by Gasteiger charge is 2.48. The molecule has 5 rings (SSSR count). The molecule has 0 spiro atoms. The van der Waals surface area contributed by atoms with Crippen molar-refractivity contribution in [3.8, 4) is 0 Å². The smallest absolute Gasteiger partial charge is 0.00461 e. The van der Waals surface area contributed by atoms with Gasteiger partial charge in [0.2, 0.25) is 0 Å². The lowest BCUT2D eigenvalue weighted by Crippen LogP contribution is -2.46. The maximum absolute atomic E-state index is 6.09. The summed E-state index contributed by atoms with van der Waals surface area (Å²) >= 11 is 0.